The second kappa shape index (κ2) is 9.78. The lowest BCUT2D eigenvalue weighted by Crippen LogP contribution is -2.33. The highest BCUT2D eigenvalue weighted by Gasteiger charge is 2.28. The SMILES string of the molecule is CCOc1ccc(C(NC(C)CC2CC2)c2nnnn2-c2cccc(Br)c2)cc1OC. The lowest BCUT2D eigenvalue weighted by Gasteiger charge is -2.24. The predicted octanol–water partition coefficient (Wildman–Crippen LogP) is 4.70. The first-order valence-corrected chi connectivity index (χ1v) is 11.5. The first-order valence-electron chi connectivity index (χ1n) is 10.7. The number of benzene rings is 2. The van der Waals surface area contributed by atoms with Gasteiger partial charge in [0.2, 0.25) is 0 Å². The summed E-state index contributed by atoms with van der Waals surface area (Å²) in [5, 5.41) is 16.5. The zero-order valence-corrected chi connectivity index (χ0v) is 19.7. The molecular formula is C23H28BrN5O2. The van der Waals surface area contributed by atoms with Crippen LogP contribution in [0, 0.1) is 5.92 Å². The van der Waals surface area contributed by atoms with Gasteiger partial charge in [0.1, 0.15) is 0 Å². The second-order valence-electron chi connectivity index (χ2n) is 7.95. The molecule has 3 aromatic rings. The maximum atomic E-state index is 5.71. The van der Waals surface area contributed by atoms with E-state index in [-0.39, 0.29) is 6.04 Å². The van der Waals surface area contributed by atoms with Crippen molar-refractivity contribution in [2.45, 2.75) is 45.2 Å². The molecule has 1 aliphatic carbocycles. The van der Waals surface area contributed by atoms with E-state index in [2.05, 4.69) is 49.8 Å². The van der Waals surface area contributed by atoms with E-state index in [0.717, 1.165) is 39.6 Å². The van der Waals surface area contributed by atoms with E-state index >= 15 is 0 Å². The van der Waals surface area contributed by atoms with Crippen molar-refractivity contribution in [1.29, 1.82) is 0 Å². The average Bonchev–Trinajstić information content (AvgIpc) is 3.44. The molecule has 0 spiro atoms. The Kier molecular flexibility index (Phi) is 6.87. The summed E-state index contributed by atoms with van der Waals surface area (Å²) in [6.45, 7) is 4.77. The van der Waals surface area contributed by atoms with E-state index in [9.17, 15) is 0 Å². The van der Waals surface area contributed by atoms with E-state index in [1.165, 1.54) is 12.8 Å². The van der Waals surface area contributed by atoms with Gasteiger partial charge >= 0.3 is 0 Å². The zero-order valence-electron chi connectivity index (χ0n) is 18.1. The van der Waals surface area contributed by atoms with Crippen molar-refractivity contribution < 1.29 is 9.47 Å². The summed E-state index contributed by atoms with van der Waals surface area (Å²) < 4.78 is 14.1. The molecule has 1 aromatic heterocycles. The Morgan fingerprint density at radius 1 is 1.19 bits per heavy atom. The maximum Gasteiger partial charge on any atom is 0.178 e. The monoisotopic (exact) mass is 485 g/mol. The lowest BCUT2D eigenvalue weighted by molar-refractivity contribution is 0.310. The Hall–Kier alpha value is -2.45. The minimum absolute atomic E-state index is 0.202. The summed E-state index contributed by atoms with van der Waals surface area (Å²) in [4.78, 5) is 0. The third-order valence-corrected chi connectivity index (χ3v) is 5.95. The molecule has 1 heterocycles. The van der Waals surface area contributed by atoms with Gasteiger partial charge in [-0.1, -0.05) is 40.9 Å². The molecule has 1 aliphatic rings. The van der Waals surface area contributed by atoms with Gasteiger partial charge in [-0.25, -0.2) is 0 Å². The second-order valence-corrected chi connectivity index (χ2v) is 8.87. The zero-order chi connectivity index (χ0) is 21.8. The molecule has 1 saturated carbocycles. The number of hydrogen-bond donors (Lipinski definition) is 1. The first kappa shape index (κ1) is 21.8. The Morgan fingerprint density at radius 2 is 2.03 bits per heavy atom. The Balaban J connectivity index is 1.73. The van der Waals surface area contributed by atoms with Crippen LogP contribution in [0.25, 0.3) is 5.69 Å². The van der Waals surface area contributed by atoms with E-state index in [4.69, 9.17) is 9.47 Å². The predicted molar refractivity (Wildman–Crippen MR) is 123 cm³/mol. The third kappa shape index (κ3) is 5.25. The topological polar surface area (TPSA) is 74.1 Å². The van der Waals surface area contributed by atoms with Crippen molar-refractivity contribution in [3.8, 4) is 17.2 Å². The van der Waals surface area contributed by atoms with Crippen molar-refractivity contribution in [2.24, 2.45) is 5.92 Å². The summed E-state index contributed by atoms with van der Waals surface area (Å²) in [7, 11) is 1.66. The molecule has 8 heteroatoms. The van der Waals surface area contributed by atoms with Crippen molar-refractivity contribution >= 4 is 15.9 Å². The fraction of sp³-hybridized carbons (Fsp3) is 0.435. The highest BCUT2D eigenvalue weighted by Crippen LogP contribution is 2.36. The summed E-state index contributed by atoms with van der Waals surface area (Å²) in [6.07, 6.45) is 3.79. The quantitative estimate of drug-likeness (QED) is 0.448. The number of nitrogens with zero attached hydrogens (tertiary/aromatic N) is 4. The molecule has 164 valence electrons. The average molecular weight is 486 g/mol. The van der Waals surface area contributed by atoms with E-state index in [0.29, 0.717) is 18.4 Å². The fourth-order valence-corrected chi connectivity index (χ4v) is 4.22. The molecule has 7 nitrogen and oxygen atoms in total. The number of hydrogen-bond acceptors (Lipinski definition) is 6. The Bertz CT molecular complexity index is 1020. The molecule has 0 aliphatic heterocycles. The molecule has 0 bridgehead atoms. The van der Waals surface area contributed by atoms with Gasteiger partial charge in [-0.15, -0.1) is 5.10 Å². The van der Waals surface area contributed by atoms with Crippen LogP contribution >= 0.6 is 15.9 Å². The molecule has 2 atom stereocenters. The van der Waals surface area contributed by atoms with Gasteiger partial charge in [-0.05, 0) is 72.5 Å². The number of methoxy groups -OCH3 is 1. The van der Waals surface area contributed by atoms with Crippen LogP contribution in [0.2, 0.25) is 0 Å². The standard InChI is InChI=1S/C23H28BrN5O2/c1-4-31-20-11-10-17(13-21(20)30-3)22(25-15(2)12-16-8-9-16)23-26-27-28-29(23)19-7-5-6-18(24)14-19/h5-7,10-11,13-16,22,25H,4,8-9,12H2,1-3H3. The fourth-order valence-electron chi connectivity index (χ4n) is 3.83. The number of aromatic nitrogens is 4. The minimum atomic E-state index is -0.202. The highest BCUT2D eigenvalue weighted by molar-refractivity contribution is 9.10. The van der Waals surface area contributed by atoms with Crippen molar-refractivity contribution in [1.82, 2.24) is 25.5 Å². The number of halogens is 1. The molecule has 1 fully saturated rings. The summed E-state index contributed by atoms with van der Waals surface area (Å²) in [5.41, 5.74) is 1.92. The third-order valence-electron chi connectivity index (χ3n) is 5.46. The molecule has 2 unspecified atom stereocenters. The Morgan fingerprint density at radius 3 is 2.74 bits per heavy atom. The van der Waals surface area contributed by atoms with E-state index in [1.807, 2.05) is 43.3 Å². The normalized spacial score (nSPS) is 15.5. The van der Waals surface area contributed by atoms with Crippen LogP contribution in [0.3, 0.4) is 0 Å². The van der Waals surface area contributed by atoms with Crippen LogP contribution in [0.5, 0.6) is 11.5 Å². The van der Waals surface area contributed by atoms with Crippen LogP contribution in [-0.2, 0) is 0 Å². The summed E-state index contributed by atoms with van der Waals surface area (Å²) in [6, 6.07) is 14.1. The van der Waals surface area contributed by atoms with Gasteiger partial charge < -0.3 is 14.8 Å². The lowest BCUT2D eigenvalue weighted by atomic mass is 10.0. The van der Waals surface area contributed by atoms with E-state index in [1.54, 1.807) is 11.8 Å². The molecule has 0 radical (unpaired) electrons. The molecular weight excluding hydrogens is 458 g/mol. The number of tetrazole rings is 1. The molecule has 4 rings (SSSR count). The summed E-state index contributed by atoms with van der Waals surface area (Å²) >= 11 is 3.54. The van der Waals surface area contributed by atoms with Gasteiger partial charge in [0.05, 0.1) is 25.4 Å². The van der Waals surface area contributed by atoms with Gasteiger partial charge in [-0.3, -0.25) is 0 Å². The van der Waals surface area contributed by atoms with Crippen molar-refractivity contribution in [2.75, 3.05) is 13.7 Å². The van der Waals surface area contributed by atoms with Gasteiger partial charge in [0.15, 0.2) is 17.3 Å². The number of rotatable bonds is 10. The van der Waals surface area contributed by atoms with Gasteiger partial charge in [0, 0.05) is 10.5 Å². The molecule has 2 aromatic carbocycles. The highest BCUT2D eigenvalue weighted by atomic mass is 79.9. The number of nitrogens with one attached hydrogen (secondary N) is 1. The summed E-state index contributed by atoms with van der Waals surface area (Å²) in [5.74, 6) is 2.97. The smallest absolute Gasteiger partial charge is 0.178 e. The molecule has 31 heavy (non-hydrogen) atoms. The molecule has 0 amide bonds. The van der Waals surface area contributed by atoms with Crippen LogP contribution in [0.15, 0.2) is 46.9 Å². The van der Waals surface area contributed by atoms with Crippen LogP contribution in [0.1, 0.15) is 50.5 Å². The van der Waals surface area contributed by atoms with Crippen molar-refractivity contribution in [3.05, 3.63) is 58.3 Å². The Labute approximate surface area is 191 Å². The maximum absolute atomic E-state index is 5.71. The molecule has 1 N–H and O–H groups in total. The van der Waals surface area contributed by atoms with Crippen molar-refractivity contribution in [3.63, 3.8) is 0 Å². The first-order chi connectivity index (χ1) is 15.1. The largest absolute Gasteiger partial charge is 0.493 e. The van der Waals surface area contributed by atoms with Crippen LogP contribution in [0.4, 0.5) is 0 Å². The van der Waals surface area contributed by atoms with E-state index < -0.39 is 0 Å². The van der Waals surface area contributed by atoms with Crippen LogP contribution in [-0.4, -0.2) is 40.0 Å². The van der Waals surface area contributed by atoms with Gasteiger partial charge in [0.25, 0.3) is 0 Å². The van der Waals surface area contributed by atoms with Gasteiger partial charge in [-0.2, -0.15) is 4.68 Å². The van der Waals surface area contributed by atoms with Crippen LogP contribution < -0.4 is 14.8 Å². The molecule has 0 saturated heterocycles. The minimum Gasteiger partial charge on any atom is -0.493 e. The number of ether oxygens (including phenoxy) is 2.